The summed E-state index contributed by atoms with van der Waals surface area (Å²) in [5.41, 5.74) is 0.849. The van der Waals surface area contributed by atoms with E-state index in [4.69, 9.17) is 14.2 Å². The van der Waals surface area contributed by atoms with Crippen molar-refractivity contribution in [3.8, 4) is 0 Å². The highest BCUT2D eigenvalue weighted by Crippen LogP contribution is 2.38. The van der Waals surface area contributed by atoms with Gasteiger partial charge in [-0.25, -0.2) is 4.79 Å². The highest BCUT2D eigenvalue weighted by Gasteiger charge is 2.52. The molecule has 150 valence electrons. The van der Waals surface area contributed by atoms with Gasteiger partial charge < -0.3 is 19.3 Å². The Balaban J connectivity index is 1.35. The molecule has 2 bridgehead atoms. The van der Waals surface area contributed by atoms with Gasteiger partial charge in [-0.1, -0.05) is 30.3 Å². The van der Waals surface area contributed by atoms with Crippen molar-refractivity contribution < 1.29 is 19.3 Å². The molecule has 0 spiro atoms. The fraction of sp³-hybridized carbons (Fsp3) is 0.333. The number of aromatic amines is 1. The minimum absolute atomic E-state index is 0.0221. The van der Waals surface area contributed by atoms with Gasteiger partial charge in [0.2, 0.25) is 0 Å². The van der Waals surface area contributed by atoms with Gasteiger partial charge in [0.05, 0.1) is 19.8 Å². The maximum absolute atomic E-state index is 12.1. The average molecular weight is 396 g/mol. The smallest absolute Gasteiger partial charge is 0.330 e. The Morgan fingerprint density at radius 2 is 2.10 bits per heavy atom. The van der Waals surface area contributed by atoms with E-state index < -0.39 is 23.6 Å². The molecule has 8 nitrogen and oxygen atoms in total. The summed E-state index contributed by atoms with van der Waals surface area (Å²) in [7, 11) is 0. The highest BCUT2D eigenvalue weighted by atomic mass is 16.7. The summed E-state index contributed by atoms with van der Waals surface area (Å²) in [6.45, 7) is 0.732. The fourth-order valence-electron chi connectivity index (χ4n) is 4.08. The molecule has 29 heavy (non-hydrogen) atoms. The summed E-state index contributed by atoms with van der Waals surface area (Å²) in [5, 5.41) is 11.6. The standard InChI is InChI=1S/C21H20N2O6/c24-9-14-3-1-2-13-5-4-12(8-15(13)14)10-27-18-16-11-28-19(18)20(29-16)23-7-6-17(25)22-21(23)26/h1-8,16,18-20,24H,9-11H2,(H,22,25,26)/t16-,18+,19-,20+/m0/s1. The van der Waals surface area contributed by atoms with Crippen LogP contribution in [0.1, 0.15) is 17.4 Å². The van der Waals surface area contributed by atoms with Crippen molar-refractivity contribution in [1.82, 2.24) is 9.55 Å². The van der Waals surface area contributed by atoms with Gasteiger partial charge in [-0.05, 0) is 28.0 Å². The van der Waals surface area contributed by atoms with Gasteiger partial charge in [0.15, 0.2) is 6.23 Å². The second-order valence-corrected chi connectivity index (χ2v) is 7.29. The zero-order valence-corrected chi connectivity index (χ0v) is 15.5. The minimum Gasteiger partial charge on any atom is -0.392 e. The molecular weight excluding hydrogens is 376 g/mol. The zero-order chi connectivity index (χ0) is 20.0. The molecule has 1 aromatic heterocycles. The normalized spacial score (nSPS) is 25.7. The number of hydrogen-bond acceptors (Lipinski definition) is 6. The fourth-order valence-corrected chi connectivity index (χ4v) is 4.08. The summed E-state index contributed by atoms with van der Waals surface area (Å²) < 4.78 is 19.1. The lowest BCUT2D eigenvalue weighted by Gasteiger charge is -2.23. The number of hydrogen-bond donors (Lipinski definition) is 2. The molecule has 2 aromatic carbocycles. The number of H-pyrrole nitrogens is 1. The van der Waals surface area contributed by atoms with Gasteiger partial charge in [0, 0.05) is 12.3 Å². The Hall–Kier alpha value is -2.78. The van der Waals surface area contributed by atoms with E-state index in [2.05, 4.69) is 4.98 Å². The molecule has 2 saturated heterocycles. The largest absolute Gasteiger partial charge is 0.392 e. The van der Waals surface area contributed by atoms with Crippen LogP contribution in [-0.4, -0.2) is 39.6 Å². The van der Waals surface area contributed by atoms with Gasteiger partial charge in [-0.2, -0.15) is 0 Å². The summed E-state index contributed by atoms with van der Waals surface area (Å²) in [5.74, 6) is 0. The number of rotatable bonds is 5. The van der Waals surface area contributed by atoms with E-state index in [1.807, 2.05) is 36.4 Å². The molecule has 4 atom stereocenters. The zero-order valence-electron chi connectivity index (χ0n) is 15.5. The number of nitrogens with one attached hydrogen (secondary N) is 1. The molecule has 0 saturated carbocycles. The Kier molecular flexibility index (Phi) is 4.56. The Bertz CT molecular complexity index is 1170. The van der Waals surface area contributed by atoms with Crippen LogP contribution in [0.2, 0.25) is 0 Å². The molecule has 3 aromatic rings. The molecule has 5 rings (SSSR count). The summed E-state index contributed by atoms with van der Waals surface area (Å²) in [4.78, 5) is 25.6. The van der Waals surface area contributed by atoms with E-state index >= 15 is 0 Å². The predicted octanol–water partition coefficient (Wildman–Crippen LogP) is 1.06. The van der Waals surface area contributed by atoms with Crippen molar-refractivity contribution in [2.75, 3.05) is 6.61 Å². The topological polar surface area (TPSA) is 103 Å². The van der Waals surface area contributed by atoms with Gasteiger partial charge in [0.1, 0.15) is 18.3 Å². The Morgan fingerprint density at radius 1 is 1.21 bits per heavy atom. The summed E-state index contributed by atoms with van der Waals surface area (Å²) in [6.07, 6.45) is -0.259. The van der Waals surface area contributed by atoms with Crippen LogP contribution in [0, 0.1) is 0 Å². The lowest BCUT2D eigenvalue weighted by Crippen LogP contribution is -2.38. The van der Waals surface area contributed by atoms with E-state index in [0.29, 0.717) is 13.2 Å². The number of nitrogens with zero attached hydrogens (tertiary/aromatic N) is 1. The minimum atomic E-state index is -0.638. The van der Waals surface area contributed by atoms with Crippen LogP contribution in [0.5, 0.6) is 0 Å². The van der Waals surface area contributed by atoms with Crippen molar-refractivity contribution in [3.63, 3.8) is 0 Å². The molecule has 2 aliphatic heterocycles. The monoisotopic (exact) mass is 396 g/mol. The van der Waals surface area contributed by atoms with Gasteiger partial charge >= 0.3 is 5.69 Å². The van der Waals surface area contributed by atoms with Gasteiger partial charge in [-0.3, -0.25) is 14.3 Å². The number of aliphatic hydroxyl groups excluding tert-OH is 1. The lowest BCUT2D eigenvalue weighted by atomic mass is 10.0. The molecule has 8 heteroatoms. The molecule has 3 heterocycles. The molecule has 2 N–H and O–H groups in total. The van der Waals surface area contributed by atoms with Crippen molar-refractivity contribution in [1.29, 1.82) is 0 Å². The van der Waals surface area contributed by atoms with E-state index in [9.17, 15) is 14.7 Å². The van der Waals surface area contributed by atoms with Crippen molar-refractivity contribution in [2.24, 2.45) is 0 Å². The maximum atomic E-state index is 12.1. The van der Waals surface area contributed by atoms with E-state index in [0.717, 1.165) is 21.9 Å². The van der Waals surface area contributed by atoms with Crippen molar-refractivity contribution in [2.45, 2.75) is 37.8 Å². The third kappa shape index (κ3) is 3.20. The molecule has 0 unspecified atom stereocenters. The first kappa shape index (κ1) is 18.3. The molecule has 2 fully saturated rings. The van der Waals surface area contributed by atoms with Crippen LogP contribution in [0.4, 0.5) is 0 Å². The first-order valence-electron chi connectivity index (χ1n) is 9.45. The van der Waals surface area contributed by atoms with Crippen molar-refractivity contribution >= 4 is 10.8 Å². The van der Waals surface area contributed by atoms with Crippen LogP contribution in [-0.2, 0) is 27.4 Å². The molecule has 0 radical (unpaired) electrons. The number of aliphatic hydroxyl groups is 1. The van der Waals surface area contributed by atoms with Crippen LogP contribution >= 0.6 is 0 Å². The van der Waals surface area contributed by atoms with E-state index in [-0.39, 0.29) is 18.8 Å². The quantitative estimate of drug-likeness (QED) is 0.669. The van der Waals surface area contributed by atoms with E-state index in [1.54, 1.807) is 0 Å². The lowest BCUT2D eigenvalue weighted by molar-refractivity contribution is -0.128. The maximum Gasteiger partial charge on any atom is 0.330 e. The molecule has 0 aliphatic carbocycles. The highest BCUT2D eigenvalue weighted by molar-refractivity contribution is 5.86. The number of ether oxygens (including phenoxy) is 3. The molecule has 2 aliphatic rings. The Labute approximate surface area is 165 Å². The second-order valence-electron chi connectivity index (χ2n) is 7.29. The number of fused-ring (bicyclic) bond motifs is 3. The van der Waals surface area contributed by atoms with Crippen LogP contribution < -0.4 is 11.2 Å². The van der Waals surface area contributed by atoms with Gasteiger partial charge in [-0.15, -0.1) is 0 Å². The molecular formula is C21H20N2O6. The second kappa shape index (κ2) is 7.23. The predicted molar refractivity (Wildman–Crippen MR) is 103 cm³/mol. The van der Waals surface area contributed by atoms with Crippen LogP contribution in [0.15, 0.2) is 58.3 Å². The molecule has 0 amide bonds. The van der Waals surface area contributed by atoms with Crippen molar-refractivity contribution in [3.05, 3.63) is 80.6 Å². The van der Waals surface area contributed by atoms with Gasteiger partial charge in [0.25, 0.3) is 5.56 Å². The number of aromatic nitrogens is 2. The van der Waals surface area contributed by atoms with Crippen LogP contribution in [0.3, 0.4) is 0 Å². The SMILES string of the molecule is O=c1ccn([C@@H]2O[C@H]3CO[C@H]2[C@@H]3OCc2ccc3cccc(CO)c3c2)c(=O)[nH]1. The Morgan fingerprint density at radius 3 is 2.93 bits per heavy atom. The summed E-state index contributed by atoms with van der Waals surface area (Å²) >= 11 is 0. The number of benzene rings is 2. The first-order chi connectivity index (χ1) is 14.1. The van der Waals surface area contributed by atoms with Crippen LogP contribution in [0.25, 0.3) is 10.8 Å². The third-order valence-corrected chi connectivity index (χ3v) is 5.51. The first-order valence-corrected chi connectivity index (χ1v) is 9.45. The average Bonchev–Trinajstić information content (AvgIpc) is 3.28. The van der Waals surface area contributed by atoms with E-state index in [1.165, 1.54) is 16.8 Å². The summed E-state index contributed by atoms with van der Waals surface area (Å²) in [6, 6.07) is 13.1. The third-order valence-electron chi connectivity index (χ3n) is 5.51.